The number of rotatable bonds is 4. The lowest BCUT2D eigenvalue weighted by Crippen LogP contribution is -2.39. The highest BCUT2D eigenvalue weighted by Gasteiger charge is 2.53. The second-order valence-corrected chi connectivity index (χ2v) is 6.80. The summed E-state index contributed by atoms with van der Waals surface area (Å²) in [5, 5.41) is 20.4. The SMILES string of the molecule is COc1ccc([C@H](O)[C@H]2CC[C@](C)(CO)C2(C)C)cc1. The average molecular weight is 278 g/mol. The minimum absolute atomic E-state index is 0.0961. The Morgan fingerprint density at radius 3 is 2.30 bits per heavy atom. The zero-order valence-electron chi connectivity index (χ0n) is 12.9. The van der Waals surface area contributed by atoms with E-state index >= 15 is 0 Å². The number of aliphatic hydroxyl groups excluding tert-OH is 2. The van der Waals surface area contributed by atoms with Crippen LogP contribution in [0.15, 0.2) is 24.3 Å². The molecule has 0 aromatic heterocycles. The molecule has 0 saturated heterocycles. The third-order valence-corrected chi connectivity index (χ3v) is 5.68. The van der Waals surface area contributed by atoms with Gasteiger partial charge in [-0.25, -0.2) is 0 Å². The molecular weight excluding hydrogens is 252 g/mol. The lowest BCUT2D eigenvalue weighted by Gasteiger charge is -2.42. The van der Waals surface area contributed by atoms with E-state index in [0.29, 0.717) is 0 Å². The van der Waals surface area contributed by atoms with E-state index in [1.807, 2.05) is 24.3 Å². The summed E-state index contributed by atoms with van der Waals surface area (Å²) >= 11 is 0. The molecule has 0 spiro atoms. The molecule has 3 heteroatoms. The molecule has 0 radical (unpaired) electrons. The Labute approximate surface area is 121 Å². The van der Waals surface area contributed by atoms with Gasteiger partial charge in [0.05, 0.1) is 13.2 Å². The predicted molar refractivity (Wildman–Crippen MR) is 79.7 cm³/mol. The molecule has 1 aliphatic rings. The van der Waals surface area contributed by atoms with Crippen LogP contribution in [0.4, 0.5) is 0 Å². The van der Waals surface area contributed by atoms with Crippen molar-refractivity contribution < 1.29 is 14.9 Å². The first-order valence-electron chi connectivity index (χ1n) is 7.28. The number of methoxy groups -OCH3 is 1. The second kappa shape index (κ2) is 5.38. The van der Waals surface area contributed by atoms with Crippen LogP contribution in [0.2, 0.25) is 0 Å². The van der Waals surface area contributed by atoms with Crippen molar-refractivity contribution in [2.75, 3.05) is 13.7 Å². The molecule has 0 amide bonds. The minimum atomic E-state index is -0.496. The molecule has 1 aliphatic carbocycles. The Bertz CT molecular complexity index is 452. The molecule has 0 bridgehead atoms. The van der Waals surface area contributed by atoms with Crippen LogP contribution in [0, 0.1) is 16.7 Å². The van der Waals surface area contributed by atoms with Crippen molar-refractivity contribution in [3.63, 3.8) is 0 Å². The highest BCUT2D eigenvalue weighted by atomic mass is 16.5. The monoisotopic (exact) mass is 278 g/mol. The quantitative estimate of drug-likeness (QED) is 0.889. The van der Waals surface area contributed by atoms with Gasteiger partial charge in [0, 0.05) is 6.61 Å². The van der Waals surface area contributed by atoms with E-state index in [2.05, 4.69) is 20.8 Å². The summed E-state index contributed by atoms with van der Waals surface area (Å²) in [5.41, 5.74) is 0.706. The molecule has 0 unspecified atom stereocenters. The summed E-state index contributed by atoms with van der Waals surface area (Å²) in [7, 11) is 1.64. The number of ether oxygens (including phenoxy) is 1. The zero-order chi connectivity index (χ0) is 15.0. The highest BCUT2D eigenvalue weighted by Crippen LogP contribution is 2.59. The second-order valence-electron chi connectivity index (χ2n) is 6.80. The van der Waals surface area contributed by atoms with E-state index in [1.54, 1.807) is 7.11 Å². The highest BCUT2D eigenvalue weighted by molar-refractivity contribution is 5.29. The van der Waals surface area contributed by atoms with Crippen LogP contribution in [-0.4, -0.2) is 23.9 Å². The Morgan fingerprint density at radius 2 is 1.85 bits per heavy atom. The fourth-order valence-corrected chi connectivity index (χ4v) is 3.47. The molecule has 20 heavy (non-hydrogen) atoms. The van der Waals surface area contributed by atoms with E-state index in [-0.39, 0.29) is 23.4 Å². The predicted octanol–water partition coefficient (Wildman–Crippen LogP) is 3.16. The summed E-state index contributed by atoms with van der Waals surface area (Å²) in [6.45, 7) is 6.61. The van der Waals surface area contributed by atoms with Gasteiger partial charge in [-0.05, 0) is 47.3 Å². The molecule has 1 aromatic rings. The molecule has 0 heterocycles. The van der Waals surface area contributed by atoms with Crippen LogP contribution in [0.1, 0.15) is 45.3 Å². The van der Waals surface area contributed by atoms with Gasteiger partial charge in [0.2, 0.25) is 0 Å². The molecule has 112 valence electrons. The standard InChI is InChI=1S/C17H26O3/c1-16(2)14(9-10-17(16,3)11-18)15(19)12-5-7-13(20-4)8-6-12/h5-8,14-15,18-19H,9-11H2,1-4H3/t14-,15+,17-/m1/s1. The summed E-state index contributed by atoms with van der Waals surface area (Å²) in [6, 6.07) is 7.61. The number of hydrogen-bond donors (Lipinski definition) is 2. The van der Waals surface area contributed by atoms with Crippen LogP contribution in [0.5, 0.6) is 5.75 Å². The topological polar surface area (TPSA) is 49.7 Å². The third kappa shape index (κ3) is 2.33. The fraction of sp³-hybridized carbons (Fsp3) is 0.647. The molecule has 2 N–H and O–H groups in total. The van der Waals surface area contributed by atoms with Gasteiger partial charge in [0.1, 0.15) is 5.75 Å². The van der Waals surface area contributed by atoms with Gasteiger partial charge in [0.15, 0.2) is 0 Å². The van der Waals surface area contributed by atoms with E-state index in [4.69, 9.17) is 4.74 Å². The Hall–Kier alpha value is -1.06. The minimum Gasteiger partial charge on any atom is -0.497 e. The summed E-state index contributed by atoms with van der Waals surface area (Å²) in [6.07, 6.45) is 1.40. The molecule has 1 aromatic carbocycles. The number of hydrogen-bond acceptors (Lipinski definition) is 3. The van der Waals surface area contributed by atoms with Crippen molar-refractivity contribution in [2.45, 2.75) is 39.7 Å². The first-order valence-corrected chi connectivity index (χ1v) is 7.28. The third-order valence-electron chi connectivity index (χ3n) is 5.68. The van der Waals surface area contributed by atoms with Gasteiger partial charge in [0.25, 0.3) is 0 Å². The van der Waals surface area contributed by atoms with Crippen LogP contribution in [0.25, 0.3) is 0 Å². The summed E-state index contributed by atoms with van der Waals surface area (Å²) in [5.74, 6) is 0.958. The summed E-state index contributed by atoms with van der Waals surface area (Å²) < 4.78 is 5.15. The van der Waals surface area contributed by atoms with E-state index in [9.17, 15) is 10.2 Å². The van der Waals surface area contributed by atoms with Crippen LogP contribution < -0.4 is 4.74 Å². The number of benzene rings is 1. The molecule has 3 atom stereocenters. The van der Waals surface area contributed by atoms with Crippen molar-refractivity contribution in [1.82, 2.24) is 0 Å². The number of aliphatic hydroxyl groups is 2. The normalized spacial score (nSPS) is 30.2. The van der Waals surface area contributed by atoms with Gasteiger partial charge in [-0.3, -0.25) is 0 Å². The fourth-order valence-electron chi connectivity index (χ4n) is 3.47. The summed E-state index contributed by atoms with van der Waals surface area (Å²) in [4.78, 5) is 0. The first-order chi connectivity index (χ1) is 9.35. The van der Waals surface area contributed by atoms with Crippen LogP contribution in [0.3, 0.4) is 0 Å². The molecular formula is C17H26O3. The molecule has 1 fully saturated rings. The molecule has 1 saturated carbocycles. The largest absolute Gasteiger partial charge is 0.497 e. The lowest BCUT2D eigenvalue weighted by atomic mass is 9.64. The van der Waals surface area contributed by atoms with Crippen molar-refractivity contribution >= 4 is 0 Å². The maximum Gasteiger partial charge on any atom is 0.118 e. The van der Waals surface area contributed by atoms with Gasteiger partial charge < -0.3 is 14.9 Å². The van der Waals surface area contributed by atoms with Crippen molar-refractivity contribution in [1.29, 1.82) is 0 Å². The maximum absolute atomic E-state index is 10.7. The van der Waals surface area contributed by atoms with Crippen LogP contribution in [-0.2, 0) is 0 Å². The molecule has 0 aliphatic heterocycles. The van der Waals surface area contributed by atoms with Crippen molar-refractivity contribution in [3.8, 4) is 5.75 Å². The van der Waals surface area contributed by atoms with Crippen molar-refractivity contribution in [2.24, 2.45) is 16.7 Å². The van der Waals surface area contributed by atoms with E-state index < -0.39 is 6.10 Å². The van der Waals surface area contributed by atoms with Gasteiger partial charge in [-0.15, -0.1) is 0 Å². The Morgan fingerprint density at radius 1 is 1.25 bits per heavy atom. The van der Waals surface area contributed by atoms with E-state index in [0.717, 1.165) is 24.2 Å². The van der Waals surface area contributed by atoms with Crippen molar-refractivity contribution in [3.05, 3.63) is 29.8 Å². The maximum atomic E-state index is 10.7. The zero-order valence-corrected chi connectivity index (χ0v) is 12.9. The van der Waals surface area contributed by atoms with Gasteiger partial charge in [-0.2, -0.15) is 0 Å². The lowest BCUT2D eigenvalue weighted by molar-refractivity contribution is -0.0212. The average Bonchev–Trinajstić information content (AvgIpc) is 2.69. The van der Waals surface area contributed by atoms with Gasteiger partial charge >= 0.3 is 0 Å². The van der Waals surface area contributed by atoms with Gasteiger partial charge in [-0.1, -0.05) is 32.9 Å². The van der Waals surface area contributed by atoms with E-state index in [1.165, 1.54) is 0 Å². The Balaban J connectivity index is 2.23. The smallest absolute Gasteiger partial charge is 0.118 e. The molecule has 2 rings (SSSR count). The van der Waals surface area contributed by atoms with Crippen LogP contribution >= 0.6 is 0 Å². The molecule has 3 nitrogen and oxygen atoms in total. The first kappa shape index (κ1) is 15.3. The Kier molecular flexibility index (Phi) is 4.12.